The van der Waals surface area contributed by atoms with Gasteiger partial charge in [-0.25, -0.2) is 0 Å². The lowest BCUT2D eigenvalue weighted by Gasteiger charge is -2.34. The molecule has 0 heterocycles. The molecule has 2 bridgehead atoms. The zero-order valence-electron chi connectivity index (χ0n) is 11.6. The Morgan fingerprint density at radius 2 is 1.94 bits per heavy atom. The molecule has 94 valence electrons. The second kappa shape index (κ2) is 4.12. The normalized spacial score (nSPS) is 29.7. The first kappa shape index (κ1) is 11.8. The van der Waals surface area contributed by atoms with Gasteiger partial charge in [0.2, 0.25) is 0 Å². The summed E-state index contributed by atoms with van der Waals surface area (Å²) in [4.78, 5) is 0. The fourth-order valence-electron chi connectivity index (χ4n) is 4.05. The minimum absolute atomic E-state index is 0.396. The van der Waals surface area contributed by atoms with E-state index < -0.39 is 0 Å². The number of hydrogen-bond donors (Lipinski definition) is 0. The lowest BCUT2D eigenvalue weighted by molar-refractivity contribution is 0.254. The molecule has 0 aromatic heterocycles. The molecule has 0 saturated heterocycles. The van der Waals surface area contributed by atoms with Crippen molar-refractivity contribution >= 4 is 0 Å². The van der Waals surface area contributed by atoms with Crippen molar-refractivity contribution in [2.75, 3.05) is 0 Å². The van der Waals surface area contributed by atoms with Crippen LogP contribution in [0.1, 0.15) is 32.8 Å². The van der Waals surface area contributed by atoms with E-state index in [4.69, 9.17) is 0 Å². The lowest BCUT2D eigenvalue weighted by Crippen LogP contribution is -2.27. The van der Waals surface area contributed by atoms with Crippen LogP contribution in [0.15, 0.2) is 53.6 Å². The van der Waals surface area contributed by atoms with Crippen LogP contribution in [0.5, 0.6) is 0 Å². The van der Waals surface area contributed by atoms with Crippen LogP contribution in [0.2, 0.25) is 0 Å². The van der Waals surface area contributed by atoms with Gasteiger partial charge in [-0.05, 0) is 41.2 Å². The standard InChI is InChI=1S/C18H22/c1-13(2)17-16(11-14-7-5-4-6-8-14)15-9-10-18(17,3)12-15/h4-10,13,17H,11-12H2,1-3H3. The summed E-state index contributed by atoms with van der Waals surface area (Å²) < 4.78 is 0. The zero-order chi connectivity index (χ0) is 12.8. The van der Waals surface area contributed by atoms with E-state index in [1.54, 1.807) is 11.1 Å². The van der Waals surface area contributed by atoms with Crippen LogP contribution in [0.4, 0.5) is 0 Å². The zero-order valence-corrected chi connectivity index (χ0v) is 11.6. The Morgan fingerprint density at radius 1 is 1.22 bits per heavy atom. The second-order valence-corrected chi connectivity index (χ2v) is 6.45. The van der Waals surface area contributed by atoms with Crippen LogP contribution in [0.3, 0.4) is 0 Å². The summed E-state index contributed by atoms with van der Waals surface area (Å²) >= 11 is 0. The van der Waals surface area contributed by atoms with Gasteiger partial charge in [-0.3, -0.25) is 0 Å². The second-order valence-electron chi connectivity index (χ2n) is 6.45. The maximum absolute atomic E-state index is 2.45. The summed E-state index contributed by atoms with van der Waals surface area (Å²) in [7, 11) is 0. The Balaban J connectivity index is 1.94. The summed E-state index contributed by atoms with van der Waals surface area (Å²) in [6, 6.07) is 10.9. The fraction of sp³-hybridized carbons (Fsp3) is 0.444. The van der Waals surface area contributed by atoms with Crippen LogP contribution in [0.25, 0.3) is 0 Å². The number of allylic oxidation sites excluding steroid dienone is 4. The van der Waals surface area contributed by atoms with Gasteiger partial charge in [-0.1, -0.05) is 68.8 Å². The Morgan fingerprint density at radius 3 is 2.61 bits per heavy atom. The van der Waals surface area contributed by atoms with Crippen molar-refractivity contribution in [2.24, 2.45) is 17.3 Å². The molecule has 0 N–H and O–H groups in total. The molecule has 0 aliphatic heterocycles. The van der Waals surface area contributed by atoms with Crippen LogP contribution >= 0.6 is 0 Å². The highest BCUT2D eigenvalue weighted by molar-refractivity contribution is 5.46. The van der Waals surface area contributed by atoms with E-state index in [0.717, 1.165) is 18.3 Å². The maximum Gasteiger partial charge on any atom is -0.00348 e. The Hall–Kier alpha value is -1.30. The van der Waals surface area contributed by atoms with Crippen molar-refractivity contribution < 1.29 is 0 Å². The maximum atomic E-state index is 2.45. The Labute approximate surface area is 110 Å². The molecule has 0 spiro atoms. The van der Waals surface area contributed by atoms with Gasteiger partial charge in [-0.15, -0.1) is 0 Å². The molecule has 0 amide bonds. The number of rotatable bonds is 3. The van der Waals surface area contributed by atoms with Gasteiger partial charge < -0.3 is 0 Å². The van der Waals surface area contributed by atoms with Gasteiger partial charge in [-0.2, -0.15) is 0 Å². The molecule has 2 aliphatic rings. The molecule has 1 aromatic rings. The third-order valence-corrected chi connectivity index (χ3v) is 4.64. The molecule has 0 saturated carbocycles. The largest absolute Gasteiger partial charge is 0.0774 e. The Bertz CT molecular complexity index is 504. The van der Waals surface area contributed by atoms with Crippen LogP contribution in [-0.4, -0.2) is 0 Å². The minimum atomic E-state index is 0.396. The predicted molar refractivity (Wildman–Crippen MR) is 77.4 cm³/mol. The molecule has 0 nitrogen and oxygen atoms in total. The summed E-state index contributed by atoms with van der Waals surface area (Å²) in [6.45, 7) is 7.17. The molecular weight excluding hydrogens is 216 g/mol. The van der Waals surface area contributed by atoms with Gasteiger partial charge in [0.05, 0.1) is 0 Å². The van der Waals surface area contributed by atoms with Gasteiger partial charge in [0.25, 0.3) is 0 Å². The van der Waals surface area contributed by atoms with Crippen LogP contribution in [-0.2, 0) is 6.42 Å². The van der Waals surface area contributed by atoms with E-state index >= 15 is 0 Å². The molecule has 18 heavy (non-hydrogen) atoms. The molecule has 3 rings (SSSR count). The highest BCUT2D eigenvalue weighted by atomic mass is 14.5. The lowest BCUT2D eigenvalue weighted by atomic mass is 9.70. The fourth-order valence-corrected chi connectivity index (χ4v) is 4.05. The van der Waals surface area contributed by atoms with Crippen molar-refractivity contribution in [3.8, 4) is 0 Å². The molecule has 2 unspecified atom stereocenters. The predicted octanol–water partition coefficient (Wildman–Crippen LogP) is 4.78. The van der Waals surface area contributed by atoms with Crippen molar-refractivity contribution in [3.63, 3.8) is 0 Å². The van der Waals surface area contributed by atoms with Gasteiger partial charge in [0.15, 0.2) is 0 Å². The molecule has 1 aromatic carbocycles. The molecular formula is C18H22. The average Bonchev–Trinajstić information content (AvgIpc) is 2.83. The molecule has 0 radical (unpaired) electrons. The van der Waals surface area contributed by atoms with E-state index in [0.29, 0.717) is 5.41 Å². The van der Waals surface area contributed by atoms with E-state index in [9.17, 15) is 0 Å². The van der Waals surface area contributed by atoms with Crippen molar-refractivity contribution in [3.05, 3.63) is 59.2 Å². The first-order valence-corrected chi connectivity index (χ1v) is 7.05. The summed E-state index contributed by atoms with van der Waals surface area (Å²) in [5, 5.41) is 0. The first-order valence-electron chi connectivity index (χ1n) is 7.05. The topological polar surface area (TPSA) is 0 Å². The van der Waals surface area contributed by atoms with Crippen molar-refractivity contribution in [1.82, 2.24) is 0 Å². The van der Waals surface area contributed by atoms with Crippen molar-refractivity contribution in [2.45, 2.75) is 33.6 Å². The molecule has 2 atom stereocenters. The Kier molecular flexibility index (Phi) is 2.69. The van der Waals surface area contributed by atoms with Crippen molar-refractivity contribution in [1.29, 1.82) is 0 Å². The minimum Gasteiger partial charge on any atom is -0.0774 e. The van der Waals surface area contributed by atoms with Gasteiger partial charge >= 0.3 is 0 Å². The number of hydrogen-bond acceptors (Lipinski definition) is 0. The molecule has 0 heteroatoms. The summed E-state index contributed by atoms with van der Waals surface area (Å²) in [6.07, 6.45) is 7.22. The average molecular weight is 238 g/mol. The van der Waals surface area contributed by atoms with Crippen LogP contribution in [0, 0.1) is 17.3 Å². The summed E-state index contributed by atoms with van der Waals surface area (Å²) in [5.74, 6) is 1.47. The smallest absolute Gasteiger partial charge is 0.00348 e. The van der Waals surface area contributed by atoms with E-state index in [-0.39, 0.29) is 0 Å². The van der Waals surface area contributed by atoms with Gasteiger partial charge in [0, 0.05) is 0 Å². The monoisotopic (exact) mass is 238 g/mol. The first-order chi connectivity index (χ1) is 8.60. The van der Waals surface area contributed by atoms with E-state index in [1.165, 1.54) is 12.0 Å². The summed E-state index contributed by atoms with van der Waals surface area (Å²) in [5.41, 5.74) is 5.16. The van der Waals surface area contributed by atoms with E-state index in [1.807, 2.05) is 0 Å². The quantitative estimate of drug-likeness (QED) is 0.711. The third-order valence-electron chi connectivity index (χ3n) is 4.64. The third kappa shape index (κ3) is 1.75. The number of fused-ring (bicyclic) bond motifs is 2. The van der Waals surface area contributed by atoms with Crippen LogP contribution < -0.4 is 0 Å². The number of benzene rings is 1. The molecule has 2 aliphatic carbocycles. The van der Waals surface area contributed by atoms with E-state index in [2.05, 4.69) is 63.3 Å². The van der Waals surface area contributed by atoms with Gasteiger partial charge in [0.1, 0.15) is 0 Å². The molecule has 0 fully saturated rings. The highest BCUT2D eigenvalue weighted by Crippen LogP contribution is 2.56. The SMILES string of the molecule is CC(C)C1C(Cc2ccccc2)=C2C=CC1(C)C2. The highest BCUT2D eigenvalue weighted by Gasteiger charge is 2.45.